The van der Waals surface area contributed by atoms with Gasteiger partial charge in [0.15, 0.2) is 11.0 Å². The van der Waals surface area contributed by atoms with Crippen molar-refractivity contribution in [2.45, 2.75) is 10.1 Å². The van der Waals surface area contributed by atoms with Gasteiger partial charge in [0.05, 0.1) is 0 Å². The van der Waals surface area contributed by atoms with Crippen molar-refractivity contribution in [3.05, 3.63) is 30.4 Å². The molecule has 0 spiro atoms. The van der Waals surface area contributed by atoms with Crippen LogP contribution >= 0.6 is 11.8 Å². The van der Waals surface area contributed by atoms with E-state index in [0.717, 1.165) is 4.90 Å². The molecule has 0 aliphatic heterocycles. The molecule has 0 atom stereocenters. The zero-order chi connectivity index (χ0) is 11.4. The van der Waals surface area contributed by atoms with Crippen molar-refractivity contribution in [1.82, 2.24) is 20.2 Å². The lowest BCUT2D eigenvalue weighted by molar-refractivity contribution is 0.318. The van der Waals surface area contributed by atoms with Crippen LogP contribution in [0.1, 0.15) is 5.69 Å². The second-order valence-electron chi connectivity index (χ2n) is 2.75. The summed E-state index contributed by atoms with van der Waals surface area (Å²) < 4.78 is 0. The zero-order valence-electron chi connectivity index (χ0n) is 8.03. The van der Waals surface area contributed by atoms with Crippen LogP contribution in [0.2, 0.25) is 0 Å². The number of aromatic nitrogens is 4. The fraction of sp³-hybridized carbons (Fsp3) is 0. The van der Waals surface area contributed by atoms with Gasteiger partial charge < -0.3 is 10.9 Å². The van der Waals surface area contributed by atoms with Crippen LogP contribution in [-0.2, 0) is 0 Å². The van der Waals surface area contributed by atoms with Crippen molar-refractivity contribution in [1.29, 1.82) is 0 Å². The van der Waals surface area contributed by atoms with Crippen LogP contribution < -0.4 is 5.73 Å². The summed E-state index contributed by atoms with van der Waals surface area (Å²) in [6, 6.07) is 3.49. The normalized spacial score (nSPS) is 11.6. The van der Waals surface area contributed by atoms with Crippen molar-refractivity contribution in [2.75, 3.05) is 0 Å². The molecule has 0 amide bonds. The Morgan fingerprint density at radius 2 is 2.38 bits per heavy atom. The smallest absolute Gasteiger partial charge is 0.188 e. The van der Waals surface area contributed by atoms with Gasteiger partial charge in [0.2, 0.25) is 0 Å². The maximum Gasteiger partial charge on any atom is 0.188 e. The number of rotatable bonds is 3. The molecule has 2 rings (SSSR count). The highest BCUT2D eigenvalue weighted by Gasteiger charge is 2.04. The minimum atomic E-state index is -0.0278. The summed E-state index contributed by atoms with van der Waals surface area (Å²) in [6.07, 6.45) is 3.00. The maximum atomic E-state index is 8.52. The number of nitrogens with zero attached hydrogens (tertiary/aromatic N) is 4. The molecule has 0 saturated carbocycles. The number of nitrogens with one attached hydrogen (secondary N) is 1. The summed E-state index contributed by atoms with van der Waals surface area (Å²) >= 11 is 1.37. The SMILES string of the molecule is NC(=NO)c1cc(Sc2ncn[nH]2)ccn1. The van der Waals surface area contributed by atoms with E-state index in [1.54, 1.807) is 18.3 Å². The Balaban J connectivity index is 2.23. The molecular weight excluding hydrogens is 228 g/mol. The monoisotopic (exact) mass is 236 g/mol. The Labute approximate surface area is 94.8 Å². The van der Waals surface area contributed by atoms with Crippen molar-refractivity contribution in [2.24, 2.45) is 10.9 Å². The summed E-state index contributed by atoms with van der Waals surface area (Å²) in [5, 5.41) is 18.5. The van der Waals surface area contributed by atoms with E-state index in [9.17, 15) is 0 Å². The molecule has 2 aromatic heterocycles. The van der Waals surface area contributed by atoms with Gasteiger partial charge in [-0.15, -0.1) is 0 Å². The summed E-state index contributed by atoms with van der Waals surface area (Å²) in [7, 11) is 0. The van der Waals surface area contributed by atoms with Crippen LogP contribution in [0.4, 0.5) is 0 Å². The number of pyridine rings is 1. The van der Waals surface area contributed by atoms with E-state index < -0.39 is 0 Å². The summed E-state index contributed by atoms with van der Waals surface area (Å²) in [5.41, 5.74) is 5.84. The Bertz CT molecular complexity index is 497. The van der Waals surface area contributed by atoms with E-state index in [0.29, 0.717) is 10.9 Å². The van der Waals surface area contributed by atoms with Crippen LogP contribution in [0.15, 0.2) is 39.9 Å². The van der Waals surface area contributed by atoms with E-state index >= 15 is 0 Å². The highest BCUT2D eigenvalue weighted by Crippen LogP contribution is 2.23. The highest BCUT2D eigenvalue weighted by molar-refractivity contribution is 7.99. The van der Waals surface area contributed by atoms with Crippen LogP contribution in [0.3, 0.4) is 0 Å². The highest BCUT2D eigenvalue weighted by atomic mass is 32.2. The average molecular weight is 236 g/mol. The molecule has 4 N–H and O–H groups in total. The van der Waals surface area contributed by atoms with E-state index in [4.69, 9.17) is 10.9 Å². The Hall–Kier alpha value is -2.09. The summed E-state index contributed by atoms with van der Waals surface area (Å²) in [5.74, 6) is -0.0278. The first-order chi connectivity index (χ1) is 7.79. The molecule has 2 heterocycles. The molecule has 16 heavy (non-hydrogen) atoms. The van der Waals surface area contributed by atoms with Gasteiger partial charge in [-0.25, -0.2) is 4.98 Å². The Morgan fingerprint density at radius 3 is 3.06 bits per heavy atom. The van der Waals surface area contributed by atoms with Gasteiger partial charge in [-0.3, -0.25) is 10.1 Å². The molecule has 0 fully saturated rings. The molecular formula is C8H8N6OS. The van der Waals surface area contributed by atoms with Crippen molar-refractivity contribution in [3.8, 4) is 0 Å². The largest absolute Gasteiger partial charge is 0.409 e. The lowest BCUT2D eigenvalue weighted by atomic mass is 10.3. The van der Waals surface area contributed by atoms with Gasteiger partial charge in [0.1, 0.15) is 12.0 Å². The number of hydrogen-bond acceptors (Lipinski definition) is 6. The molecule has 82 valence electrons. The first-order valence-electron chi connectivity index (χ1n) is 4.27. The average Bonchev–Trinajstić information content (AvgIpc) is 2.81. The van der Waals surface area contributed by atoms with Crippen LogP contribution in [-0.4, -0.2) is 31.2 Å². The number of amidine groups is 1. The topological polar surface area (TPSA) is 113 Å². The Kier molecular flexibility index (Phi) is 3.01. The summed E-state index contributed by atoms with van der Waals surface area (Å²) in [6.45, 7) is 0. The van der Waals surface area contributed by atoms with Crippen LogP contribution in [0.25, 0.3) is 0 Å². The predicted octanol–water partition coefficient (Wildman–Crippen LogP) is 0.445. The molecule has 0 bridgehead atoms. The van der Waals surface area contributed by atoms with Crippen LogP contribution in [0, 0.1) is 0 Å². The molecule has 8 heteroatoms. The first-order valence-corrected chi connectivity index (χ1v) is 5.08. The molecule has 7 nitrogen and oxygen atoms in total. The van der Waals surface area contributed by atoms with Gasteiger partial charge in [0.25, 0.3) is 0 Å². The zero-order valence-corrected chi connectivity index (χ0v) is 8.85. The maximum absolute atomic E-state index is 8.52. The van der Waals surface area contributed by atoms with Crippen molar-refractivity contribution >= 4 is 17.6 Å². The third-order valence-electron chi connectivity index (χ3n) is 1.71. The van der Waals surface area contributed by atoms with Gasteiger partial charge in [-0.2, -0.15) is 5.10 Å². The van der Waals surface area contributed by atoms with Crippen molar-refractivity contribution in [3.63, 3.8) is 0 Å². The quantitative estimate of drug-likeness (QED) is 0.308. The van der Waals surface area contributed by atoms with Crippen LogP contribution in [0.5, 0.6) is 0 Å². The number of H-pyrrole nitrogens is 1. The minimum Gasteiger partial charge on any atom is -0.409 e. The molecule has 0 aliphatic rings. The standard InChI is InChI=1S/C8H8N6OS/c9-7(14-15)6-3-5(1-2-10-6)16-8-11-4-12-13-8/h1-4,15H,(H2,9,14)(H,11,12,13). The Morgan fingerprint density at radius 1 is 1.50 bits per heavy atom. The van der Waals surface area contributed by atoms with E-state index in [1.807, 2.05) is 0 Å². The number of hydrogen-bond donors (Lipinski definition) is 3. The van der Waals surface area contributed by atoms with E-state index in [1.165, 1.54) is 18.1 Å². The minimum absolute atomic E-state index is 0.0278. The number of nitrogens with two attached hydrogens (primary N) is 1. The third-order valence-corrected chi connectivity index (χ3v) is 2.59. The van der Waals surface area contributed by atoms with E-state index in [2.05, 4.69) is 25.3 Å². The molecule has 0 aromatic carbocycles. The molecule has 0 saturated heterocycles. The fourth-order valence-corrected chi connectivity index (χ4v) is 1.74. The van der Waals surface area contributed by atoms with Gasteiger partial charge >= 0.3 is 0 Å². The number of aromatic amines is 1. The van der Waals surface area contributed by atoms with Gasteiger partial charge in [-0.1, -0.05) is 16.9 Å². The lowest BCUT2D eigenvalue weighted by Crippen LogP contribution is -2.14. The van der Waals surface area contributed by atoms with Gasteiger partial charge in [0, 0.05) is 11.1 Å². The molecule has 2 aromatic rings. The van der Waals surface area contributed by atoms with E-state index in [-0.39, 0.29) is 5.84 Å². The third kappa shape index (κ3) is 2.28. The first kappa shape index (κ1) is 10.4. The second kappa shape index (κ2) is 4.62. The summed E-state index contributed by atoms with van der Waals surface area (Å²) in [4.78, 5) is 8.80. The second-order valence-corrected chi connectivity index (χ2v) is 3.82. The predicted molar refractivity (Wildman–Crippen MR) is 57.3 cm³/mol. The van der Waals surface area contributed by atoms with Gasteiger partial charge in [-0.05, 0) is 12.1 Å². The molecule has 0 radical (unpaired) electrons. The fourth-order valence-electron chi connectivity index (χ4n) is 1.02. The lowest BCUT2D eigenvalue weighted by Gasteiger charge is -2.00. The molecule has 0 unspecified atom stereocenters. The number of oxime groups is 1. The van der Waals surface area contributed by atoms with Crippen molar-refractivity contribution < 1.29 is 5.21 Å². The molecule has 0 aliphatic carbocycles.